The second-order valence-corrected chi connectivity index (χ2v) is 7.93. The molecule has 0 aliphatic carbocycles. The Balaban J connectivity index is 3.35. The molecule has 0 aliphatic rings. The lowest BCUT2D eigenvalue weighted by Crippen LogP contribution is -2.27. The number of carboxylic acids is 1. The van der Waals surface area contributed by atoms with Crippen LogP contribution in [-0.2, 0) is 4.79 Å². The molecule has 156 valence electrons. The van der Waals surface area contributed by atoms with E-state index in [0.717, 1.165) is 51.4 Å². The Kier molecular flexibility index (Phi) is 17.4. The quantitative estimate of drug-likeness (QED) is 0.176. The van der Waals surface area contributed by atoms with Gasteiger partial charge in [-0.1, -0.05) is 90.4 Å². The topological polar surface area (TPSA) is 77.8 Å². The molecule has 0 unspecified atom stereocenters. The summed E-state index contributed by atoms with van der Waals surface area (Å²) in [5, 5.41) is 28.6. The average molecular weight is 373 g/mol. The second kappa shape index (κ2) is 17.8. The van der Waals surface area contributed by atoms with E-state index in [1.54, 1.807) is 0 Å². The van der Waals surface area contributed by atoms with Crippen LogP contribution < -0.4 is 0 Å². The lowest BCUT2D eigenvalue weighted by molar-refractivity contribution is -0.172. The highest BCUT2D eigenvalue weighted by atomic mass is 16.5. The summed E-state index contributed by atoms with van der Waals surface area (Å²) in [6.45, 7) is 2.24. The lowest BCUT2D eigenvalue weighted by atomic mass is 9.99. The number of carboxylic acid groups (broad SMARTS) is 1. The molecule has 3 N–H and O–H groups in total. The highest BCUT2D eigenvalue weighted by Gasteiger charge is 2.21. The van der Waals surface area contributed by atoms with Gasteiger partial charge >= 0.3 is 5.97 Å². The van der Waals surface area contributed by atoms with E-state index in [1.807, 2.05) is 0 Å². The SMILES string of the molecule is CCCCCCCCCCCCC(O)(O)CCCCCCCCC(=O)O. The molecule has 0 saturated carbocycles. The van der Waals surface area contributed by atoms with Gasteiger partial charge in [-0.2, -0.15) is 0 Å². The van der Waals surface area contributed by atoms with Crippen LogP contribution in [0.4, 0.5) is 0 Å². The van der Waals surface area contributed by atoms with E-state index >= 15 is 0 Å². The minimum atomic E-state index is -1.50. The van der Waals surface area contributed by atoms with Crippen molar-refractivity contribution in [3.05, 3.63) is 0 Å². The van der Waals surface area contributed by atoms with Crippen molar-refractivity contribution in [1.82, 2.24) is 0 Å². The molecule has 26 heavy (non-hydrogen) atoms. The number of unbranched alkanes of at least 4 members (excludes halogenated alkanes) is 14. The predicted molar refractivity (Wildman–Crippen MR) is 108 cm³/mol. The highest BCUT2D eigenvalue weighted by Crippen LogP contribution is 2.21. The van der Waals surface area contributed by atoms with Crippen LogP contribution in [0.3, 0.4) is 0 Å². The summed E-state index contributed by atoms with van der Waals surface area (Å²) in [4.78, 5) is 10.4. The van der Waals surface area contributed by atoms with E-state index < -0.39 is 11.8 Å². The van der Waals surface area contributed by atoms with E-state index in [-0.39, 0.29) is 6.42 Å². The van der Waals surface area contributed by atoms with Gasteiger partial charge in [0.1, 0.15) is 0 Å². The zero-order valence-electron chi connectivity index (χ0n) is 17.2. The van der Waals surface area contributed by atoms with Crippen LogP contribution >= 0.6 is 0 Å². The van der Waals surface area contributed by atoms with E-state index in [2.05, 4.69) is 6.92 Å². The van der Waals surface area contributed by atoms with Crippen molar-refractivity contribution in [2.45, 2.75) is 135 Å². The normalized spacial score (nSPS) is 11.8. The van der Waals surface area contributed by atoms with Crippen LogP contribution in [0.15, 0.2) is 0 Å². The van der Waals surface area contributed by atoms with Gasteiger partial charge in [-0.05, 0) is 19.3 Å². The standard InChI is InChI=1S/C22H44O4/c1-2-3-4-5-6-7-8-10-13-16-19-22(25,26)20-17-14-11-9-12-15-18-21(23)24/h25-26H,2-20H2,1H3,(H,23,24). The Bertz CT molecular complexity index is 315. The van der Waals surface area contributed by atoms with Crippen LogP contribution in [0.1, 0.15) is 129 Å². The smallest absolute Gasteiger partial charge is 0.303 e. The fourth-order valence-corrected chi connectivity index (χ4v) is 3.41. The van der Waals surface area contributed by atoms with E-state index in [9.17, 15) is 15.0 Å². The Hall–Kier alpha value is -0.610. The molecule has 0 spiro atoms. The maximum atomic E-state index is 10.4. The van der Waals surface area contributed by atoms with Crippen molar-refractivity contribution in [1.29, 1.82) is 0 Å². The van der Waals surface area contributed by atoms with Crippen molar-refractivity contribution in [2.75, 3.05) is 0 Å². The first kappa shape index (κ1) is 25.4. The highest BCUT2D eigenvalue weighted by molar-refractivity contribution is 5.66. The fourth-order valence-electron chi connectivity index (χ4n) is 3.41. The zero-order valence-corrected chi connectivity index (χ0v) is 17.2. The van der Waals surface area contributed by atoms with Crippen LogP contribution in [0.2, 0.25) is 0 Å². The molecule has 0 aliphatic heterocycles. The number of aliphatic carboxylic acids is 1. The van der Waals surface area contributed by atoms with Crippen molar-refractivity contribution in [3.8, 4) is 0 Å². The Labute approximate surface area is 161 Å². The number of hydrogen-bond acceptors (Lipinski definition) is 3. The number of carbonyl (C=O) groups is 1. The minimum Gasteiger partial charge on any atom is -0.481 e. The van der Waals surface area contributed by atoms with Gasteiger partial charge in [-0.25, -0.2) is 0 Å². The molecule has 0 rings (SSSR count). The van der Waals surface area contributed by atoms with Gasteiger partial charge in [0.25, 0.3) is 0 Å². The summed E-state index contributed by atoms with van der Waals surface area (Å²) in [6.07, 6.45) is 19.4. The van der Waals surface area contributed by atoms with Crippen molar-refractivity contribution >= 4 is 5.97 Å². The molecular weight excluding hydrogens is 328 g/mol. The lowest BCUT2D eigenvalue weighted by Gasteiger charge is -2.21. The van der Waals surface area contributed by atoms with Crippen LogP contribution in [0, 0.1) is 0 Å². The summed E-state index contributed by atoms with van der Waals surface area (Å²) in [5.41, 5.74) is 0. The van der Waals surface area contributed by atoms with Crippen molar-refractivity contribution in [3.63, 3.8) is 0 Å². The van der Waals surface area contributed by atoms with Gasteiger partial charge in [0, 0.05) is 19.3 Å². The third-order valence-corrected chi connectivity index (χ3v) is 5.15. The van der Waals surface area contributed by atoms with Crippen molar-refractivity contribution in [2.24, 2.45) is 0 Å². The number of aliphatic hydroxyl groups is 2. The molecule has 0 saturated heterocycles. The zero-order chi connectivity index (χ0) is 19.5. The van der Waals surface area contributed by atoms with Crippen LogP contribution in [0.5, 0.6) is 0 Å². The van der Waals surface area contributed by atoms with Gasteiger partial charge in [-0.3, -0.25) is 4.79 Å². The van der Waals surface area contributed by atoms with Gasteiger partial charge in [0.05, 0.1) is 0 Å². The van der Waals surface area contributed by atoms with E-state index in [0.29, 0.717) is 12.8 Å². The summed E-state index contributed by atoms with van der Waals surface area (Å²) in [7, 11) is 0. The first-order chi connectivity index (χ1) is 12.5. The first-order valence-electron chi connectivity index (χ1n) is 11.1. The van der Waals surface area contributed by atoms with E-state index in [1.165, 1.54) is 51.4 Å². The van der Waals surface area contributed by atoms with Gasteiger partial charge in [-0.15, -0.1) is 0 Å². The third kappa shape index (κ3) is 19.7. The molecule has 0 aromatic rings. The van der Waals surface area contributed by atoms with Gasteiger partial charge in [0.2, 0.25) is 0 Å². The van der Waals surface area contributed by atoms with Crippen LogP contribution in [0.25, 0.3) is 0 Å². The monoisotopic (exact) mass is 372 g/mol. The summed E-state index contributed by atoms with van der Waals surface area (Å²) in [5.74, 6) is -2.22. The first-order valence-corrected chi connectivity index (χ1v) is 11.1. The van der Waals surface area contributed by atoms with Crippen LogP contribution in [-0.4, -0.2) is 27.1 Å². The summed E-state index contributed by atoms with van der Waals surface area (Å²) < 4.78 is 0. The molecule has 4 nitrogen and oxygen atoms in total. The maximum Gasteiger partial charge on any atom is 0.303 e. The maximum absolute atomic E-state index is 10.4. The molecule has 0 amide bonds. The molecule has 0 heterocycles. The molecule has 4 heteroatoms. The number of rotatable bonds is 20. The largest absolute Gasteiger partial charge is 0.481 e. The Morgan fingerprint density at radius 2 is 0.962 bits per heavy atom. The number of hydrogen-bond donors (Lipinski definition) is 3. The molecule has 0 radical (unpaired) electrons. The molecular formula is C22H44O4. The van der Waals surface area contributed by atoms with Gasteiger partial charge < -0.3 is 15.3 Å². The Morgan fingerprint density at radius 3 is 1.35 bits per heavy atom. The van der Waals surface area contributed by atoms with E-state index in [4.69, 9.17) is 5.11 Å². The molecule has 0 aromatic heterocycles. The summed E-state index contributed by atoms with van der Waals surface area (Å²) in [6, 6.07) is 0. The fraction of sp³-hybridized carbons (Fsp3) is 0.955. The molecule has 0 aromatic carbocycles. The van der Waals surface area contributed by atoms with Crippen molar-refractivity contribution < 1.29 is 20.1 Å². The Morgan fingerprint density at radius 1 is 0.615 bits per heavy atom. The molecule has 0 bridgehead atoms. The second-order valence-electron chi connectivity index (χ2n) is 7.93. The average Bonchev–Trinajstić information content (AvgIpc) is 2.58. The van der Waals surface area contributed by atoms with Gasteiger partial charge in [0.15, 0.2) is 5.79 Å². The molecule has 0 fully saturated rings. The predicted octanol–water partition coefficient (Wildman–Crippen LogP) is 6.18. The summed E-state index contributed by atoms with van der Waals surface area (Å²) >= 11 is 0. The third-order valence-electron chi connectivity index (χ3n) is 5.15. The molecule has 0 atom stereocenters. The minimum absolute atomic E-state index is 0.259.